The second kappa shape index (κ2) is 4.60. The van der Waals surface area contributed by atoms with Crippen LogP contribution in [0.25, 0.3) is 0 Å². The van der Waals surface area contributed by atoms with Gasteiger partial charge in [0, 0.05) is 35.7 Å². The summed E-state index contributed by atoms with van der Waals surface area (Å²) in [5.41, 5.74) is 0.825. The number of rotatable bonds is 3. The van der Waals surface area contributed by atoms with Crippen molar-refractivity contribution in [2.24, 2.45) is 11.3 Å². The Morgan fingerprint density at radius 1 is 1.50 bits per heavy atom. The highest BCUT2D eigenvalue weighted by Crippen LogP contribution is 2.53. The van der Waals surface area contributed by atoms with Gasteiger partial charge in [0.05, 0.1) is 11.0 Å². The van der Waals surface area contributed by atoms with E-state index >= 15 is 0 Å². The quantitative estimate of drug-likeness (QED) is 0.685. The SMILES string of the molecule is CC1(C)C(Nc2ccc([N+](=O)[O-])c(Cl)c2)C2CCOC21. The molecule has 2 aliphatic rings. The van der Waals surface area contributed by atoms with Gasteiger partial charge in [-0.15, -0.1) is 0 Å². The number of anilines is 1. The monoisotopic (exact) mass is 296 g/mol. The topological polar surface area (TPSA) is 64.4 Å². The van der Waals surface area contributed by atoms with Gasteiger partial charge in [0.15, 0.2) is 0 Å². The fourth-order valence-corrected chi connectivity index (χ4v) is 3.79. The molecule has 6 heteroatoms. The van der Waals surface area contributed by atoms with Gasteiger partial charge in [-0.05, 0) is 18.6 Å². The lowest BCUT2D eigenvalue weighted by molar-refractivity contribution is -0.384. The Kier molecular flexibility index (Phi) is 3.14. The highest BCUT2D eigenvalue weighted by molar-refractivity contribution is 6.32. The first-order chi connectivity index (χ1) is 9.41. The number of nitro benzene ring substituents is 1. The fraction of sp³-hybridized carbons (Fsp3) is 0.571. The molecule has 0 bridgehead atoms. The third-order valence-corrected chi connectivity index (χ3v) is 4.87. The number of fused-ring (bicyclic) bond motifs is 1. The minimum Gasteiger partial charge on any atom is -0.381 e. The number of benzene rings is 1. The average Bonchev–Trinajstić information content (AvgIpc) is 2.82. The number of hydrogen-bond donors (Lipinski definition) is 1. The predicted octanol–water partition coefficient (Wildman–Crippen LogP) is 3.47. The van der Waals surface area contributed by atoms with E-state index in [4.69, 9.17) is 16.3 Å². The number of halogens is 1. The van der Waals surface area contributed by atoms with Crippen molar-refractivity contribution >= 4 is 23.0 Å². The first kappa shape index (κ1) is 13.6. The molecule has 0 aromatic heterocycles. The summed E-state index contributed by atoms with van der Waals surface area (Å²) in [5.74, 6) is 0.513. The van der Waals surface area contributed by atoms with Crippen molar-refractivity contribution in [2.45, 2.75) is 32.4 Å². The average molecular weight is 297 g/mol. The van der Waals surface area contributed by atoms with Gasteiger partial charge in [-0.2, -0.15) is 0 Å². The summed E-state index contributed by atoms with van der Waals surface area (Å²) < 4.78 is 5.75. The molecule has 0 radical (unpaired) electrons. The molecule has 1 aliphatic heterocycles. The molecule has 3 unspecified atom stereocenters. The standard InChI is InChI=1S/C14H17ClN2O3/c1-14(2)12(9-5-6-20-13(9)14)16-8-3-4-11(17(18)19)10(15)7-8/h3-4,7,9,12-13,16H,5-6H2,1-2H3. The van der Waals surface area contributed by atoms with E-state index in [1.807, 2.05) is 0 Å². The molecular weight excluding hydrogens is 280 g/mol. The normalized spacial score (nSPS) is 30.4. The van der Waals surface area contributed by atoms with Gasteiger partial charge < -0.3 is 10.1 Å². The van der Waals surface area contributed by atoms with E-state index < -0.39 is 4.92 Å². The third-order valence-electron chi connectivity index (χ3n) is 4.57. The van der Waals surface area contributed by atoms with E-state index in [2.05, 4.69) is 19.2 Å². The van der Waals surface area contributed by atoms with Crippen LogP contribution in [0.2, 0.25) is 5.02 Å². The number of nitrogens with one attached hydrogen (secondary N) is 1. The first-order valence-electron chi connectivity index (χ1n) is 6.73. The van der Waals surface area contributed by atoms with Crippen molar-refractivity contribution < 1.29 is 9.66 Å². The maximum absolute atomic E-state index is 10.8. The van der Waals surface area contributed by atoms with Crippen LogP contribution in [0.1, 0.15) is 20.3 Å². The van der Waals surface area contributed by atoms with Gasteiger partial charge in [0.2, 0.25) is 0 Å². The van der Waals surface area contributed by atoms with E-state index in [-0.39, 0.29) is 16.1 Å². The second-order valence-electron chi connectivity index (χ2n) is 6.11. The highest BCUT2D eigenvalue weighted by atomic mass is 35.5. The summed E-state index contributed by atoms with van der Waals surface area (Å²) in [5, 5.41) is 14.4. The minimum absolute atomic E-state index is 0.0628. The molecule has 0 spiro atoms. The Labute approximate surface area is 122 Å². The van der Waals surface area contributed by atoms with E-state index in [0.29, 0.717) is 18.1 Å². The largest absolute Gasteiger partial charge is 0.381 e. The van der Waals surface area contributed by atoms with Crippen LogP contribution in [0.5, 0.6) is 0 Å². The predicted molar refractivity (Wildman–Crippen MR) is 77.1 cm³/mol. The van der Waals surface area contributed by atoms with Gasteiger partial charge in [0.25, 0.3) is 5.69 Å². The molecule has 108 valence electrons. The first-order valence-corrected chi connectivity index (χ1v) is 7.11. The van der Waals surface area contributed by atoms with Crippen molar-refractivity contribution in [2.75, 3.05) is 11.9 Å². The summed E-state index contributed by atoms with van der Waals surface area (Å²) in [4.78, 5) is 10.3. The Balaban J connectivity index is 1.78. The second-order valence-corrected chi connectivity index (χ2v) is 6.52. The van der Waals surface area contributed by atoms with Crippen molar-refractivity contribution in [1.82, 2.24) is 0 Å². The molecule has 1 heterocycles. The fourth-order valence-electron chi connectivity index (χ4n) is 3.54. The molecule has 1 N–H and O–H groups in total. The summed E-state index contributed by atoms with van der Waals surface area (Å²) in [6.07, 6.45) is 1.38. The van der Waals surface area contributed by atoms with Crippen molar-refractivity contribution in [3.05, 3.63) is 33.3 Å². The summed E-state index contributed by atoms with van der Waals surface area (Å²) >= 11 is 5.95. The Morgan fingerprint density at radius 2 is 2.25 bits per heavy atom. The zero-order valence-electron chi connectivity index (χ0n) is 11.4. The van der Waals surface area contributed by atoms with E-state index in [1.54, 1.807) is 12.1 Å². The molecule has 1 aromatic rings. The summed E-state index contributed by atoms with van der Waals surface area (Å²) in [6, 6.07) is 5.09. The van der Waals surface area contributed by atoms with Crippen LogP contribution in [-0.4, -0.2) is 23.7 Å². The molecule has 3 rings (SSSR count). The Morgan fingerprint density at radius 3 is 2.90 bits per heavy atom. The Hall–Kier alpha value is -1.33. The van der Waals surface area contributed by atoms with E-state index in [1.165, 1.54) is 6.07 Å². The van der Waals surface area contributed by atoms with Crippen LogP contribution in [0.15, 0.2) is 18.2 Å². The van der Waals surface area contributed by atoms with E-state index in [9.17, 15) is 10.1 Å². The minimum atomic E-state index is -0.472. The Bertz CT molecular complexity index is 561. The van der Waals surface area contributed by atoms with Gasteiger partial charge in [-0.25, -0.2) is 0 Å². The smallest absolute Gasteiger partial charge is 0.288 e. The lowest BCUT2D eigenvalue weighted by Crippen LogP contribution is -2.63. The third kappa shape index (κ3) is 1.96. The number of nitrogens with zero attached hydrogens (tertiary/aromatic N) is 1. The van der Waals surface area contributed by atoms with Crippen LogP contribution in [0, 0.1) is 21.4 Å². The maximum Gasteiger partial charge on any atom is 0.288 e. The summed E-state index contributed by atoms with van der Waals surface area (Å²) in [6.45, 7) is 5.19. The zero-order chi connectivity index (χ0) is 14.5. The van der Waals surface area contributed by atoms with Crippen LogP contribution < -0.4 is 5.32 Å². The van der Waals surface area contributed by atoms with Crippen LogP contribution in [-0.2, 0) is 4.74 Å². The molecule has 2 fully saturated rings. The van der Waals surface area contributed by atoms with E-state index in [0.717, 1.165) is 18.7 Å². The molecule has 3 atom stereocenters. The zero-order valence-corrected chi connectivity index (χ0v) is 12.2. The van der Waals surface area contributed by atoms with Gasteiger partial charge in [0.1, 0.15) is 5.02 Å². The lowest BCUT2D eigenvalue weighted by Gasteiger charge is -2.55. The molecule has 20 heavy (non-hydrogen) atoms. The van der Waals surface area contributed by atoms with Crippen molar-refractivity contribution in [3.8, 4) is 0 Å². The molecular formula is C14H17ClN2O3. The molecule has 1 saturated carbocycles. The molecule has 5 nitrogen and oxygen atoms in total. The lowest BCUT2D eigenvalue weighted by atomic mass is 9.57. The number of ether oxygens (including phenoxy) is 1. The summed E-state index contributed by atoms with van der Waals surface area (Å²) in [7, 11) is 0. The van der Waals surface area contributed by atoms with Gasteiger partial charge in [-0.3, -0.25) is 10.1 Å². The highest BCUT2D eigenvalue weighted by Gasteiger charge is 2.59. The van der Waals surface area contributed by atoms with Gasteiger partial charge in [-0.1, -0.05) is 25.4 Å². The number of hydrogen-bond acceptors (Lipinski definition) is 4. The molecule has 1 aliphatic carbocycles. The van der Waals surface area contributed by atoms with Crippen LogP contribution in [0.3, 0.4) is 0 Å². The van der Waals surface area contributed by atoms with Crippen LogP contribution in [0.4, 0.5) is 11.4 Å². The molecule has 1 aromatic carbocycles. The van der Waals surface area contributed by atoms with Crippen molar-refractivity contribution in [1.29, 1.82) is 0 Å². The maximum atomic E-state index is 10.8. The van der Waals surface area contributed by atoms with Crippen LogP contribution >= 0.6 is 11.6 Å². The van der Waals surface area contributed by atoms with Gasteiger partial charge >= 0.3 is 0 Å². The molecule has 0 amide bonds. The molecule has 1 saturated heterocycles. The number of nitro groups is 1. The van der Waals surface area contributed by atoms with Crippen molar-refractivity contribution in [3.63, 3.8) is 0 Å².